The van der Waals surface area contributed by atoms with Gasteiger partial charge in [-0.1, -0.05) is 0 Å². The molecule has 9 heteroatoms. The summed E-state index contributed by atoms with van der Waals surface area (Å²) in [6.07, 6.45) is 0.863. The summed E-state index contributed by atoms with van der Waals surface area (Å²) in [5.74, 6) is -0.0837. The maximum absolute atomic E-state index is 12.4. The molecule has 1 heterocycles. The topological polar surface area (TPSA) is 96.5 Å². The van der Waals surface area contributed by atoms with E-state index in [9.17, 15) is 13.2 Å². The summed E-state index contributed by atoms with van der Waals surface area (Å²) >= 11 is 0. The van der Waals surface area contributed by atoms with Crippen LogP contribution in [-0.2, 0) is 10.0 Å². The maximum atomic E-state index is 12.4. The Hall–Kier alpha value is -1.35. The maximum Gasteiger partial charge on any atom is 0.251 e. The monoisotopic (exact) mass is 377 g/mol. The van der Waals surface area contributed by atoms with Crippen LogP contribution >= 0.6 is 12.4 Å². The van der Waals surface area contributed by atoms with Crippen LogP contribution in [0.25, 0.3) is 0 Å². The average Bonchev–Trinajstić information content (AvgIpc) is 2.98. The third kappa shape index (κ3) is 5.07. The van der Waals surface area contributed by atoms with Crippen molar-refractivity contribution in [1.82, 2.24) is 15.4 Å². The first-order chi connectivity index (χ1) is 10.8. The molecule has 0 radical (unpaired) electrons. The molecule has 1 aromatic carbocycles. The number of rotatable bonds is 6. The first kappa shape index (κ1) is 20.7. The van der Waals surface area contributed by atoms with Crippen LogP contribution in [0.3, 0.4) is 0 Å². The quantitative estimate of drug-likeness (QED) is 0.684. The van der Waals surface area contributed by atoms with E-state index in [2.05, 4.69) is 15.4 Å². The number of methoxy groups -OCH3 is 1. The molecule has 7 nitrogen and oxygen atoms in total. The minimum absolute atomic E-state index is 0. The van der Waals surface area contributed by atoms with Crippen molar-refractivity contribution in [2.45, 2.75) is 37.2 Å². The van der Waals surface area contributed by atoms with E-state index in [0.29, 0.717) is 5.56 Å². The zero-order valence-corrected chi connectivity index (χ0v) is 15.6. The molecule has 3 N–H and O–H groups in total. The van der Waals surface area contributed by atoms with Crippen molar-refractivity contribution in [1.29, 1.82) is 0 Å². The molecule has 2 rings (SSSR count). The Kier molecular flexibility index (Phi) is 7.47. The zero-order valence-electron chi connectivity index (χ0n) is 14.0. The van der Waals surface area contributed by atoms with Crippen LogP contribution in [0, 0.1) is 0 Å². The SMILES string of the molecule is COc1ccc(C(=O)NC2CCNC2)cc1S(=O)(=O)NC(C)C.Cl. The molecule has 1 unspecified atom stereocenters. The normalized spacial score (nSPS) is 17.4. The van der Waals surface area contributed by atoms with Crippen LogP contribution < -0.4 is 20.1 Å². The predicted octanol–water partition coefficient (Wildman–Crippen LogP) is 0.895. The second-order valence-corrected chi connectivity index (χ2v) is 7.49. The predicted molar refractivity (Wildman–Crippen MR) is 94.4 cm³/mol. The Morgan fingerprint density at radius 2 is 2.08 bits per heavy atom. The fraction of sp³-hybridized carbons (Fsp3) is 0.533. The van der Waals surface area contributed by atoms with E-state index in [1.807, 2.05) is 0 Å². The highest BCUT2D eigenvalue weighted by Gasteiger charge is 2.23. The van der Waals surface area contributed by atoms with Crippen molar-refractivity contribution < 1.29 is 17.9 Å². The largest absolute Gasteiger partial charge is 0.495 e. The van der Waals surface area contributed by atoms with Gasteiger partial charge in [-0.2, -0.15) is 0 Å². The summed E-state index contributed by atoms with van der Waals surface area (Å²) in [4.78, 5) is 12.3. The highest BCUT2D eigenvalue weighted by atomic mass is 35.5. The van der Waals surface area contributed by atoms with Gasteiger partial charge in [0.1, 0.15) is 10.6 Å². The molecule has 0 saturated carbocycles. The summed E-state index contributed by atoms with van der Waals surface area (Å²) in [6.45, 7) is 5.05. The second-order valence-electron chi connectivity index (χ2n) is 5.80. The van der Waals surface area contributed by atoms with Crippen molar-refractivity contribution in [3.63, 3.8) is 0 Å². The van der Waals surface area contributed by atoms with Gasteiger partial charge >= 0.3 is 0 Å². The van der Waals surface area contributed by atoms with E-state index >= 15 is 0 Å². The van der Waals surface area contributed by atoms with Gasteiger partial charge in [0.05, 0.1) is 7.11 Å². The second kappa shape index (κ2) is 8.66. The number of hydrogen-bond acceptors (Lipinski definition) is 5. The van der Waals surface area contributed by atoms with Crippen LogP contribution in [0.2, 0.25) is 0 Å². The van der Waals surface area contributed by atoms with Gasteiger partial charge in [0.25, 0.3) is 5.91 Å². The number of hydrogen-bond donors (Lipinski definition) is 3. The number of benzene rings is 1. The molecule has 1 fully saturated rings. The van der Waals surface area contributed by atoms with Crippen LogP contribution in [-0.4, -0.2) is 46.6 Å². The fourth-order valence-electron chi connectivity index (χ4n) is 2.45. The Morgan fingerprint density at radius 3 is 2.62 bits per heavy atom. The van der Waals surface area contributed by atoms with Crippen molar-refractivity contribution in [3.8, 4) is 5.75 Å². The number of carbonyl (C=O) groups excluding carboxylic acids is 1. The lowest BCUT2D eigenvalue weighted by Gasteiger charge is -2.15. The molecular formula is C15H24ClN3O4S. The van der Waals surface area contributed by atoms with Crippen LogP contribution in [0.15, 0.2) is 23.1 Å². The Labute approximate surface area is 149 Å². The van der Waals surface area contributed by atoms with Gasteiger partial charge in [-0.05, 0) is 45.0 Å². The number of ether oxygens (including phenoxy) is 1. The lowest BCUT2D eigenvalue weighted by atomic mass is 10.2. The highest BCUT2D eigenvalue weighted by molar-refractivity contribution is 7.89. The molecule has 1 saturated heterocycles. The number of nitrogens with one attached hydrogen (secondary N) is 3. The molecule has 1 aromatic rings. The fourth-order valence-corrected chi connectivity index (χ4v) is 3.89. The van der Waals surface area contributed by atoms with Gasteiger partial charge < -0.3 is 15.4 Å². The Bertz CT molecular complexity index is 673. The number of carbonyl (C=O) groups is 1. The third-order valence-electron chi connectivity index (χ3n) is 3.50. The summed E-state index contributed by atoms with van der Waals surface area (Å²) in [5.41, 5.74) is 0.293. The van der Waals surface area contributed by atoms with Gasteiger partial charge in [-0.15, -0.1) is 12.4 Å². The molecule has 1 atom stereocenters. The molecule has 0 spiro atoms. The van der Waals surface area contributed by atoms with Crippen LogP contribution in [0.1, 0.15) is 30.6 Å². The lowest BCUT2D eigenvalue weighted by Crippen LogP contribution is -2.36. The van der Waals surface area contributed by atoms with Crippen molar-refractivity contribution in [2.24, 2.45) is 0 Å². The molecule has 0 aliphatic carbocycles. The van der Waals surface area contributed by atoms with E-state index in [1.165, 1.54) is 19.2 Å². The molecule has 0 bridgehead atoms. The standard InChI is InChI=1S/C15H23N3O4S.ClH/c1-10(2)18-23(20,21)14-8-11(4-5-13(14)22-3)15(19)17-12-6-7-16-9-12;/h4-5,8,10,12,16,18H,6-7,9H2,1-3H3,(H,17,19);1H. The van der Waals surface area contributed by atoms with Crippen LogP contribution in [0.5, 0.6) is 5.75 Å². The molecule has 1 aliphatic heterocycles. The minimum atomic E-state index is -3.75. The summed E-state index contributed by atoms with van der Waals surface area (Å²) in [6, 6.07) is 4.22. The van der Waals surface area contributed by atoms with E-state index in [-0.39, 0.29) is 41.0 Å². The first-order valence-corrected chi connectivity index (χ1v) is 9.03. The van der Waals surface area contributed by atoms with Gasteiger partial charge in [0, 0.05) is 24.2 Å². The van der Waals surface area contributed by atoms with E-state index in [1.54, 1.807) is 19.9 Å². The van der Waals surface area contributed by atoms with Crippen molar-refractivity contribution in [3.05, 3.63) is 23.8 Å². The number of halogens is 1. The van der Waals surface area contributed by atoms with Crippen molar-refractivity contribution in [2.75, 3.05) is 20.2 Å². The summed E-state index contributed by atoms with van der Waals surface area (Å²) in [5, 5.41) is 6.06. The molecule has 136 valence electrons. The Balaban J connectivity index is 0.00000288. The number of amides is 1. The minimum Gasteiger partial charge on any atom is -0.495 e. The molecule has 0 aromatic heterocycles. The molecular weight excluding hydrogens is 354 g/mol. The molecule has 1 aliphatic rings. The van der Waals surface area contributed by atoms with E-state index < -0.39 is 10.0 Å². The number of sulfonamides is 1. The average molecular weight is 378 g/mol. The third-order valence-corrected chi connectivity index (χ3v) is 5.18. The van der Waals surface area contributed by atoms with Gasteiger partial charge in [-0.3, -0.25) is 4.79 Å². The summed E-state index contributed by atoms with van der Waals surface area (Å²) in [7, 11) is -2.36. The highest BCUT2D eigenvalue weighted by Crippen LogP contribution is 2.25. The van der Waals surface area contributed by atoms with Gasteiger partial charge in [0.2, 0.25) is 10.0 Å². The first-order valence-electron chi connectivity index (χ1n) is 7.55. The Morgan fingerprint density at radius 1 is 1.38 bits per heavy atom. The smallest absolute Gasteiger partial charge is 0.251 e. The summed E-state index contributed by atoms with van der Waals surface area (Å²) < 4.78 is 32.4. The van der Waals surface area contributed by atoms with Crippen LogP contribution in [0.4, 0.5) is 0 Å². The lowest BCUT2D eigenvalue weighted by molar-refractivity contribution is 0.0940. The molecule has 1 amide bonds. The van der Waals surface area contributed by atoms with Crippen molar-refractivity contribution >= 4 is 28.3 Å². The van der Waals surface area contributed by atoms with E-state index in [0.717, 1.165) is 19.5 Å². The van der Waals surface area contributed by atoms with Gasteiger partial charge in [-0.25, -0.2) is 13.1 Å². The molecule has 24 heavy (non-hydrogen) atoms. The zero-order chi connectivity index (χ0) is 17.0. The van der Waals surface area contributed by atoms with E-state index in [4.69, 9.17) is 4.74 Å². The van der Waals surface area contributed by atoms with Gasteiger partial charge in [0.15, 0.2) is 0 Å².